The average Bonchev–Trinajstić information content (AvgIpc) is 1.51. The molecular weight excluding hydrogens is 1340 g/mol. The molecule has 110 heavy (non-hydrogen) atoms. The highest BCUT2D eigenvalue weighted by atomic mass is 16.5. The first-order chi connectivity index (χ1) is 54.5. The fourth-order valence-corrected chi connectivity index (χ4v) is 18.4. The van der Waals surface area contributed by atoms with Gasteiger partial charge in [0.05, 0.1) is 10.8 Å². The number of hydrogen-bond donors (Lipinski definition) is 0. The molecule has 2 aromatic heterocycles. The molecule has 3 aliphatic carbocycles. The highest BCUT2D eigenvalue weighted by Gasteiger charge is 2.58. The zero-order valence-electron chi connectivity index (χ0n) is 59.5. The van der Waals surface area contributed by atoms with Gasteiger partial charge in [-0.3, -0.25) is 0 Å². The number of rotatable bonds is 10. The fourth-order valence-electron chi connectivity index (χ4n) is 18.4. The monoisotopic (exact) mass is 1400 g/mol. The number of fused-ring (bicyclic) bond motifs is 19. The molecule has 0 N–H and O–H groups in total. The van der Waals surface area contributed by atoms with E-state index in [0.29, 0.717) is 34.9 Å². The Labute approximate surface area is 636 Å². The molecule has 0 saturated carbocycles. The number of benzene rings is 15. The smallest absolute Gasteiger partial charge is 0.164 e. The van der Waals surface area contributed by atoms with E-state index in [-0.39, 0.29) is 11.8 Å². The molecule has 8 nitrogen and oxygen atoms in total. The third-order valence-corrected chi connectivity index (χ3v) is 23.2. The summed E-state index contributed by atoms with van der Waals surface area (Å²) in [5.41, 5.74) is 24.1. The summed E-state index contributed by atoms with van der Waals surface area (Å²) in [6.07, 6.45) is 7.28. The molecule has 17 aromatic rings. The largest absolute Gasteiger partial charge is 0.456 e. The van der Waals surface area contributed by atoms with E-state index >= 15 is 0 Å². The van der Waals surface area contributed by atoms with Crippen LogP contribution in [0.2, 0.25) is 0 Å². The number of aromatic nitrogens is 6. The van der Waals surface area contributed by atoms with Crippen LogP contribution in [0.25, 0.3) is 129 Å². The van der Waals surface area contributed by atoms with Crippen LogP contribution in [-0.2, 0) is 10.8 Å². The maximum atomic E-state index is 7.40. The van der Waals surface area contributed by atoms with Gasteiger partial charge in [-0.25, -0.2) is 29.9 Å². The maximum Gasteiger partial charge on any atom is 0.164 e. The normalized spacial score (nSPS) is 16.1. The molecule has 4 heterocycles. The summed E-state index contributed by atoms with van der Waals surface area (Å²) < 4.78 is 14.6. The van der Waals surface area contributed by atoms with Crippen LogP contribution in [0.3, 0.4) is 0 Å². The molecule has 514 valence electrons. The second-order valence-corrected chi connectivity index (χ2v) is 29.0. The Morgan fingerprint density at radius 3 is 1.29 bits per heavy atom. The molecule has 2 spiro atoms. The zero-order valence-corrected chi connectivity index (χ0v) is 59.5. The van der Waals surface area contributed by atoms with E-state index in [2.05, 4.69) is 352 Å². The summed E-state index contributed by atoms with van der Waals surface area (Å²) >= 11 is 0. The van der Waals surface area contributed by atoms with E-state index in [4.69, 9.17) is 39.4 Å². The highest BCUT2D eigenvalue weighted by Crippen LogP contribution is 2.67. The van der Waals surface area contributed by atoms with Crippen molar-refractivity contribution in [3.8, 4) is 136 Å². The Bertz CT molecular complexity index is 6660. The SMILES string of the molecule is C1=CC2c3ccccc3C3(c4ccccc4Oc4c(-c5cccc(-c6nc(-c7ccccc7)nc(-c7ccc8ccccc8c7)n6)c5)cccc43)C2C=C1c1ccccc1-c1nc(-c2ccc(-c3ccccc3)cc2)nc(-c2cccc(-c3cccc4c3Oc3ccccc3C43c4ccccc4-c4ccccc43)c2)n1. The number of hydrogen-bond acceptors (Lipinski definition) is 8. The van der Waals surface area contributed by atoms with E-state index < -0.39 is 10.8 Å². The van der Waals surface area contributed by atoms with Gasteiger partial charge in [0.25, 0.3) is 0 Å². The second-order valence-electron chi connectivity index (χ2n) is 29.0. The van der Waals surface area contributed by atoms with Crippen molar-refractivity contribution in [2.24, 2.45) is 5.92 Å². The van der Waals surface area contributed by atoms with Gasteiger partial charge in [0, 0.05) is 78.6 Å². The topological polar surface area (TPSA) is 95.8 Å². The summed E-state index contributed by atoms with van der Waals surface area (Å²) in [6, 6.07) is 127. The van der Waals surface area contributed by atoms with Crippen LogP contribution >= 0.6 is 0 Å². The van der Waals surface area contributed by atoms with E-state index in [1.54, 1.807) is 0 Å². The van der Waals surface area contributed by atoms with Crippen molar-refractivity contribution in [3.05, 3.63) is 426 Å². The Morgan fingerprint density at radius 2 is 0.645 bits per heavy atom. The molecule has 3 atom stereocenters. The first-order valence-corrected chi connectivity index (χ1v) is 37.5. The van der Waals surface area contributed by atoms with Gasteiger partial charge in [0.1, 0.15) is 23.0 Å². The molecule has 8 heteroatoms. The average molecular weight is 1410 g/mol. The van der Waals surface area contributed by atoms with Gasteiger partial charge in [-0.2, -0.15) is 0 Å². The minimum Gasteiger partial charge on any atom is -0.456 e. The van der Waals surface area contributed by atoms with Gasteiger partial charge in [0.15, 0.2) is 34.9 Å². The zero-order chi connectivity index (χ0) is 72.4. The molecule has 0 bridgehead atoms. The molecular formula is C102H64N6O2. The third kappa shape index (κ3) is 9.79. The van der Waals surface area contributed by atoms with Crippen molar-refractivity contribution >= 4 is 16.3 Å². The van der Waals surface area contributed by atoms with Crippen molar-refractivity contribution in [2.75, 3.05) is 0 Å². The molecule has 0 amide bonds. The standard InChI is InChI=1S/C102H64N6O2/c1-3-25-63(26-4-1)65-51-54-67(55-52-65)96-105-98(73-34-22-32-70(61-73)76-40-23-47-88-93(76)109-91-49-19-17-45-86(91)101(88)83-42-14-11-36-78(83)79-37-12-15-43-84(79)101)108-100(107-96)82-39-10-9-35-75(82)71-57-58-81-80-38-13-16-44-85(80)102(90(81)62-71)87-46-18-20-50-92(87)110-94-77(41-24-48-89(94)102)69-31-21-33-72(60-69)97-103-95(66-28-5-2-6-29-66)104-99(106-97)74-56-53-64-27-7-8-30-68(64)59-74/h1-62,81,90H. The molecule has 0 saturated heterocycles. The van der Waals surface area contributed by atoms with Crippen LogP contribution < -0.4 is 9.47 Å². The van der Waals surface area contributed by atoms with Crippen LogP contribution in [0.4, 0.5) is 0 Å². The maximum absolute atomic E-state index is 7.40. The Kier molecular flexibility index (Phi) is 14.4. The predicted octanol–water partition coefficient (Wildman–Crippen LogP) is 24.5. The minimum atomic E-state index is -0.707. The van der Waals surface area contributed by atoms with Gasteiger partial charge in [0.2, 0.25) is 0 Å². The van der Waals surface area contributed by atoms with Crippen LogP contribution in [0.1, 0.15) is 56.0 Å². The van der Waals surface area contributed by atoms with Crippen LogP contribution in [0, 0.1) is 5.92 Å². The van der Waals surface area contributed by atoms with E-state index in [0.717, 1.165) is 134 Å². The summed E-state index contributed by atoms with van der Waals surface area (Å²) in [5, 5.41) is 2.27. The third-order valence-electron chi connectivity index (χ3n) is 23.2. The van der Waals surface area contributed by atoms with Crippen LogP contribution in [-0.4, -0.2) is 29.9 Å². The van der Waals surface area contributed by atoms with Crippen LogP contribution in [0.5, 0.6) is 23.0 Å². The van der Waals surface area contributed by atoms with Crippen molar-refractivity contribution in [1.82, 2.24) is 29.9 Å². The molecule has 2 aliphatic heterocycles. The number of ether oxygens (including phenoxy) is 2. The molecule has 5 aliphatic rings. The Hall–Kier alpha value is -14.3. The van der Waals surface area contributed by atoms with Gasteiger partial charge in [-0.15, -0.1) is 0 Å². The molecule has 3 unspecified atom stereocenters. The van der Waals surface area contributed by atoms with E-state index in [1.165, 1.54) is 33.4 Å². The van der Waals surface area contributed by atoms with Crippen molar-refractivity contribution < 1.29 is 9.47 Å². The lowest BCUT2D eigenvalue weighted by molar-refractivity contribution is 0.375. The summed E-state index contributed by atoms with van der Waals surface area (Å²) in [6.45, 7) is 0. The van der Waals surface area contributed by atoms with Crippen LogP contribution in [0.15, 0.2) is 376 Å². The second kappa shape index (κ2) is 25.2. The Morgan fingerprint density at radius 1 is 0.245 bits per heavy atom. The van der Waals surface area contributed by atoms with E-state index in [9.17, 15) is 0 Å². The lowest BCUT2D eigenvalue weighted by Crippen LogP contribution is -2.38. The van der Waals surface area contributed by atoms with Gasteiger partial charge < -0.3 is 9.47 Å². The summed E-state index contributed by atoms with van der Waals surface area (Å²) in [5.74, 6) is 6.64. The fraction of sp³-hybridized carbons (Fsp3) is 0.0392. The van der Waals surface area contributed by atoms with E-state index in [1.807, 2.05) is 24.3 Å². The van der Waals surface area contributed by atoms with Gasteiger partial charge in [-0.05, 0) is 108 Å². The van der Waals surface area contributed by atoms with Crippen molar-refractivity contribution in [1.29, 1.82) is 0 Å². The summed E-state index contributed by atoms with van der Waals surface area (Å²) in [7, 11) is 0. The number of nitrogens with zero attached hydrogens (tertiary/aromatic N) is 6. The van der Waals surface area contributed by atoms with Gasteiger partial charge >= 0.3 is 0 Å². The summed E-state index contributed by atoms with van der Waals surface area (Å²) in [4.78, 5) is 32.2. The first-order valence-electron chi connectivity index (χ1n) is 37.5. The number of para-hydroxylation sites is 4. The lowest BCUT2D eigenvalue weighted by atomic mass is 9.61. The molecule has 22 rings (SSSR count). The molecule has 0 radical (unpaired) electrons. The minimum absolute atomic E-state index is 0.0137. The molecule has 0 fully saturated rings. The van der Waals surface area contributed by atoms with Crippen molar-refractivity contribution in [2.45, 2.75) is 16.7 Å². The quantitative estimate of drug-likeness (QED) is 0.134. The van der Waals surface area contributed by atoms with Gasteiger partial charge in [-0.1, -0.05) is 346 Å². The van der Waals surface area contributed by atoms with Crippen molar-refractivity contribution in [3.63, 3.8) is 0 Å². The number of allylic oxidation sites excluding steroid dienone is 4. The Balaban J connectivity index is 0.677. The first kappa shape index (κ1) is 63.0. The molecule has 15 aromatic carbocycles. The lowest BCUT2D eigenvalue weighted by Gasteiger charge is -2.44. The highest BCUT2D eigenvalue weighted by molar-refractivity contribution is 5.93. The predicted molar refractivity (Wildman–Crippen MR) is 440 cm³/mol.